The van der Waals surface area contributed by atoms with E-state index >= 15 is 0 Å². The molecular formula is C15H22BrClO2. The van der Waals surface area contributed by atoms with Gasteiger partial charge in [-0.3, -0.25) is 0 Å². The van der Waals surface area contributed by atoms with Crippen molar-refractivity contribution >= 4 is 27.5 Å². The van der Waals surface area contributed by atoms with Crippen LogP contribution in [0.1, 0.15) is 45.1 Å². The Balaban J connectivity index is 3.08. The van der Waals surface area contributed by atoms with Crippen molar-refractivity contribution in [1.82, 2.24) is 0 Å². The highest BCUT2D eigenvalue weighted by Crippen LogP contribution is 2.40. The first kappa shape index (κ1) is 16.6. The molecule has 0 bridgehead atoms. The fourth-order valence-electron chi connectivity index (χ4n) is 1.87. The summed E-state index contributed by atoms with van der Waals surface area (Å²) in [7, 11) is 0. The number of hydrogen-bond donors (Lipinski definition) is 0. The van der Waals surface area contributed by atoms with E-state index in [-0.39, 0.29) is 5.38 Å². The van der Waals surface area contributed by atoms with E-state index in [2.05, 4.69) is 29.8 Å². The van der Waals surface area contributed by atoms with Gasteiger partial charge in [0.1, 0.15) is 0 Å². The highest BCUT2D eigenvalue weighted by Gasteiger charge is 2.17. The maximum absolute atomic E-state index is 6.48. The van der Waals surface area contributed by atoms with Crippen LogP contribution in [-0.2, 0) is 0 Å². The second-order valence-electron chi connectivity index (χ2n) is 4.78. The van der Waals surface area contributed by atoms with Gasteiger partial charge < -0.3 is 9.47 Å². The zero-order valence-electron chi connectivity index (χ0n) is 12.0. The highest BCUT2D eigenvalue weighted by molar-refractivity contribution is 9.10. The second-order valence-corrected chi connectivity index (χ2v) is 6.16. The van der Waals surface area contributed by atoms with Gasteiger partial charge in [0.15, 0.2) is 11.5 Å². The van der Waals surface area contributed by atoms with E-state index in [1.807, 2.05) is 26.0 Å². The van der Waals surface area contributed by atoms with Crippen LogP contribution in [-0.4, -0.2) is 13.2 Å². The van der Waals surface area contributed by atoms with E-state index in [9.17, 15) is 0 Å². The molecule has 1 unspecified atom stereocenters. The highest BCUT2D eigenvalue weighted by atomic mass is 79.9. The van der Waals surface area contributed by atoms with E-state index in [1.165, 1.54) is 0 Å². The summed E-state index contributed by atoms with van der Waals surface area (Å²) in [6.07, 6.45) is 0.930. The van der Waals surface area contributed by atoms with Gasteiger partial charge in [0.05, 0.1) is 18.6 Å². The quantitative estimate of drug-likeness (QED) is 0.599. The van der Waals surface area contributed by atoms with Gasteiger partial charge in [-0.25, -0.2) is 0 Å². The molecule has 19 heavy (non-hydrogen) atoms. The summed E-state index contributed by atoms with van der Waals surface area (Å²) in [6, 6.07) is 3.93. The maximum Gasteiger partial charge on any atom is 0.162 e. The van der Waals surface area contributed by atoms with Gasteiger partial charge in [0.25, 0.3) is 0 Å². The minimum absolute atomic E-state index is 0.0238. The largest absolute Gasteiger partial charge is 0.490 e. The zero-order chi connectivity index (χ0) is 14.4. The number of hydrogen-bond acceptors (Lipinski definition) is 2. The molecule has 0 amide bonds. The molecule has 0 saturated heterocycles. The SMILES string of the molecule is CCOc1cc(Br)c(C(Cl)CC(C)C)cc1OCC. The smallest absolute Gasteiger partial charge is 0.162 e. The fraction of sp³-hybridized carbons (Fsp3) is 0.600. The molecule has 1 rings (SSSR count). The average molecular weight is 350 g/mol. The van der Waals surface area contributed by atoms with Crippen molar-refractivity contribution in [3.05, 3.63) is 22.2 Å². The van der Waals surface area contributed by atoms with Gasteiger partial charge >= 0.3 is 0 Å². The van der Waals surface area contributed by atoms with Gasteiger partial charge in [0, 0.05) is 4.47 Å². The van der Waals surface area contributed by atoms with Crippen molar-refractivity contribution in [2.24, 2.45) is 5.92 Å². The van der Waals surface area contributed by atoms with Gasteiger partial charge in [-0.05, 0) is 43.9 Å². The molecule has 0 aliphatic heterocycles. The van der Waals surface area contributed by atoms with Crippen LogP contribution in [0.5, 0.6) is 11.5 Å². The lowest BCUT2D eigenvalue weighted by Crippen LogP contribution is -2.02. The molecular weight excluding hydrogens is 328 g/mol. The Morgan fingerprint density at radius 2 is 1.63 bits per heavy atom. The molecule has 108 valence electrons. The van der Waals surface area contributed by atoms with Crippen LogP contribution in [0.2, 0.25) is 0 Å². The second kappa shape index (κ2) is 8.01. The van der Waals surface area contributed by atoms with Crippen LogP contribution in [0, 0.1) is 5.92 Å². The Morgan fingerprint density at radius 1 is 1.11 bits per heavy atom. The summed E-state index contributed by atoms with van der Waals surface area (Å²) >= 11 is 10.1. The third-order valence-electron chi connectivity index (χ3n) is 2.68. The summed E-state index contributed by atoms with van der Waals surface area (Å²) in [5.41, 5.74) is 1.06. The molecule has 0 spiro atoms. The van der Waals surface area contributed by atoms with E-state index < -0.39 is 0 Å². The minimum Gasteiger partial charge on any atom is -0.490 e. The third kappa shape index (κ3) is 4.88. The molecule has 0 fully saturated rings. The van der Waals surface area contributed by atoms with Crippen LogP contribution >= 0.6 is 27.5 Å². The number of rotatable bonds is 7. The van der Waals surface area contributed by atoms with E-state index in [1.54, 1.807) is 0 Å². The summed E-state index contributed by atoms with van der Waals surface area (Å²) in [4.78, 5) is 0. The first-order chi connectivity index (χ1) is 8.99. The van der Waals surface area contributed by atoms with Crippen molar-refractivity contribution in [2.45, 2.75) is 39.5 Å². The normalized spacial score (nSPS) is 12.6. The molecule has 1 aromatic rings. The van der Waals surface area contributed by atoms with Crippen molar-refractivity contribution in [3.63, 3.8) is 0 Å². The standard InChI is InChI=1S/C15H22BrClO2/c1-5-18-14-8-11(13(17)7-10(3)4)12(16)9-15(14)19-6-2/h8-10,13H,5-7H2,1-4H3. The molecule has 2 nitrogen and oxygen atoms in total. The van der Waals surface area contributed by atoms with Crippen LogP contribution in [0.4, 0.5) is 0 Å². The summed E-state index contributed by atoms with van der Waals surface area (Å²) < 4.78 is 12.2. The molecule has 0 radical (unpaired) electrons. The summed E-state index contributed by atoms with van der Waals surface area (Å²) in [5.74, 6) is 2.07. The predicted molar refractivity (Wildman–Crippen MR) is 84.5 cm³/mol. The van der Waals surface area contributed by atoms with Crippen molar-refractivity contribution in [2.75, 3.05) is 13.2 Å². The Labute approximate surface area is 129 Å². The third-order valence-corrected chi connectivity index (χ3v) is 3.78. The predicted octanol–water partition coefficient (Wildman–Crippen LogP) is 5.57. The molecule has 0 N–H and O–H groups in total. The number of benzene rings is 1. The van der Waals surface area contributed by atoms with Gasteiger partial charge in [-0.1, -0.05) is 29.8 Å². The lowest BCUT2D eigenvalue weighted by Gasteiger charge is -2.18. The number of ether oxygens (including phenoxy) is 2. The molecule has 0 aromatic heterocycles. The van der Waals surface area contributed by atoms with Crippen LogP contribution in [0.15, 0.2) is 16.6 Å². The van der Waals surface area contributed by atoms with E-state index in [0.29, 0.717) is 19.1 Å². The number of halogens is 2. The van der Waals surface area contributed by atoms with Gasteiger partial charge in [0.2, 0.25) is 0 Å². The molecule has 1 atom stereocenters. The van der Waals surface area contributed by atoms with Crippen molar-refractivity contribution in [3.8, 4) is 11.5 Å². The van der Waals surface area contributed by atoms with Crippen molar-refractivity contribution in [1.29, 1.82) is 0 Å². The Hall–Kier alpha value is -0.410. The Kier molecular flexibility index (Phi) is 7.01. The average Bonchev–Trinajstić information content (AvgIpc) is 2.31. The molecule has 1 aromatic carbocycles. The van der Waals surface area contributed by atoms with Crippen LogP contribution in [0.3, 0.4) is 0 Å². The Morgan fingerprint density at radius 3 is 2.11 bits per heavy atom. The molecule has 0 aliphatic carbocycles. The summed E-state index contributed by atoms with van der Waals surface area (Å²) in [6.45, 7) is 9.48. The van der Waals surface area contributed by atoms with Gasteiger partial charge in [-0.2, -0.15) is 0 Å². The number of alkyl halides is 1. The topological polar surface area (TPSA) is 18.5 Å². The zero-order valence-corrected chi connectivity index (χ0v) is 14.3. The lowest BCUT2D eigenvalue weighted by molar-refractivity contribution is 0.287. The molecule has 0 heterocycles. The van der Waals surface area contributed by atoms with Crippen LogP contribution in [0.25, 0.3) is 0 Å². The molecule has 0 aliphatic rings. The van der Waals surface area contributed by atoms with Crippen molar-refractivity contribution < 1.29 is 9.47 Å². The first-order valence-electron chi connectivity index (χ1n) is 6.72. The lowest BCUT2D eigenvalue weighted by atomic mass is 10.0. The summed E-state index contributed by atoms with van der Waals surface area (Å²) in [5, 5.41) is -0.0238. The fourth-order valence-corrected chi connectivity index (χ4v) is 3.14. The first-order valence-corrected chi connectivity index (χ1v) is 7.95. The molecule has 4 heteroatoms. The minimum atomic E-state index is -0.0238. The maximum atomic E-state index is 6.48. The van der Waals surface area contributed by atoms with E-state index in [0.717, 1.165) is 28.0 Å². The van der Waals surface area contributed by atoms with Gasteiger partial charge in [-0.15, -0.1) is 11.6 Å². The monoisotopic (exact) mass is 348 g/mol. The molecule has 0 saturated carbocycles. The van der Waals surface area contributed by atoms with Crippen LogP contribution < -0.4 is 9.47 Å². The Bertz CT molecular complexity index is 407. The van der Waals surface area contributed by atoms with E-state index in [4.69, 9.17) is 21.1 Å².